The predicted molar refractivity (Wildman–Crippen MR) is 71.7 cm³/mol. The molecule has 1 amide bonds. The summed E-state index contributed by atoms with van der Waals surface area (Å²) in [5.41, 5.74) is 2.28. The van der Waals surface area contributed by atoms with Gasteiger partial charge in [0.25, 0.3) is 0 Å². The van der Waals surface area contributed by atoms with E-state index < -0.39 is 5.92 Å². The van der Waals surface area contributed by atoms with Gasteiger partial charge in [0.2, 0.25) is 5.91 Å². The number of benzene rings is 1. The summed E-state index contributed by atoms with van der Waals surface area (Å²) in [5.74, 6) is -0.592. The van der Waals surface area contributed by atoms with Gasteiger partial charge in [-0.05, 0) is 18.9 Å². The van der Waals surface area contributed by atoms with Crippen LogP contribution in [0.25, 0.3) is 0 Å². The van der Waals surface area contributed by atoms with Crippen LogP contribution in [-0.2, 0) is 11.3 Å². The van der Waals surface area contributed by atoms with Gasteiger partial charge in [0.1, 0.15) is 5.92 Å². The molecule has 18 heavy (non-hydrogen) atoms. The highest BCUT2D eigenvalue weighted by Gasteiger charge is 2.20. The Kier molecular flexibility index (Phi) is 5.38. The Hall–Kier alpha value is -1.82. The number of nitriles is 1. The van der Waals surface area contributed by atoms with Crippen LogP contribution in [0.15, 0.2) is 24.3 Å². The SMILES string of the molecule is CCCC(C#N)C(=O)N(C)Cc1cccc(C)c1. The first kappa shape index (κ1) is 14.2. The minimum Gasteiger partial charge on any atom is -0.340 e. The Labute approximate surface area is 109 Å². The Morgan fingerprint density at radius 2 is 2.22 bits per heavy atom. The van der Waals surface area contributed by atoms with Crippen molar-refractivity contribution in [1.29, 1.82) is 5.26 Å². The average molecular weight is 244 g/mol. The van der Waals surface area contributed by atoms with Gasteiger partial charge in [0.15, 0.2) is 0 Å². The molecule has 1 aromatic carbocycles. The van der Waals surface area contributed by atoms with E-state index in [1.54, 1.807) is 11.9 Å². The van der Waals surface area contributed by atoms with Crippen molar-refractivity contribution in [3.05, 3.63) is 35.4 Å². The molecule has 0 saturated carbocycles. The zero-order chi connectivity index (χ0) is 13.5. The van der Waals surface area contributed by atoms with E-state index in [2.05, 4.69) is 12.1 Å². The molecule has 0 radical (unpaired) electrons. The highest BCUT2D eigenvalue weighted by atomic mass is 16.2. The highest BCUT2D eigenvalue weighted by molar-refractivity contribution is 5.80. The number of nitrogens with zero attached hydrogens (tertiary/aromatic N) is 2. The van der Waals surface area contributed by atoms with E-state index in [0.29, 0.717) is 13.0 Å². The molecule has 1 aromatic rings. The lowest BCUT2D eigenvalue weighted by Crippen LogP contribution is -2.31. The van der Waals surface area contributed by atoms with Crippen molar-refractivity contribution in [2.45, 2.75) is 33.2 Å². The first-order valence-electron chi connectivity index (χ1n) is 6.28. The molecule has 0 aliphatic heterocycles. The maximum Gasteiger partial charge on any atom is 0.239 e. The lowest BCUT2D eigenvalue weighted by Gasteiger charge is -2.20. The molecule has 0 fully saturated rings. The molecule has 0 aliphatic carbocycles. The van der Waals surface area contributed by atoms with Crippen LogP contribution in [0.4, 0.5) is 0 Å². The number of carbonyl (C=O) groups is 1. The summed E-state index contributed by atoms with van der Waals surface area (Å²) in [7, 11) is 1.75. The number of aryl methyl sites for hydroxylation is 1. The average Bonchev–Trinajstić information content (AvgIpc) is 2.35. The smallest absolute Gasteiger partial charge is 0.239 e. The maximum atomic E-state index is 12.1. The number of rotatable bonds is 5. The predicted octanol–water partition coefficient (Wildman–Crippen LogP) is 2.89. The van der Waals surface area contributed by atoms with Gasteiger partial charge >= 0.3 is 0 Å². The molecule has 0 heterocycles. The normalized spacial score (nSPS) is 11.7. The summed E-state index contributed by atoms with van der Waals surface area (Å²) >= 11 is 0. The third-order valence-electron chi connectivity index (χ3n) is 2.91. The zero-order valence-corrected chi connectivity index (χ0v) is 11.3. The van der Waals surface area contributed by atoms with E-state index >= 15 is 0 Å². The van der Waals surface area contributed by atoms with Crippen LogP contribution in [0, 0.1) is 24.2 Å². The van der Waals surface area contributed by atoms with Gasteiger partial charge in [-0.2, -0.15) is 5.26 Å². The van der Waals surface area contributed by atoms with E-state index in [1.807, 2.05) is 32.0 Å². The summed E-state index contributed by atoms with van der Waals surface area (Å²) in [6.45, 7) is 4.57. The summed E-state index contributed by atoms with van der Waals surface area (Å²) in [4.78, 5) is 13.7. The summed E-state index contributed by atoms with van der Waals surface area (Å²) < 4.78 is 0. The van der Waals surface area contributed by atoms with Gasteiger partial charge in [-0.15, -0.1) is 0 Å². The molecular weight excluding hydrogens is 224 g/mol. The fraction of sp³-hybridized carbons (Fsp3) is 0.467. The second-order valence-electron chi connectivity index (χ2n) is 4.65. The number of carbonyl (C=O) groups excluding carboxylic acids is 1. The van der Waals surface area contributed by atoms with E-state index in [9.17, 15) is 4.79 Å². The van der Waals surface area contributed by atoms with Crippen molar-refractivity contribution in [1.82, 2.24) is 4.90 Å². The Morgan fingerprint density at radius 3 is 2.78 bits per heavy atom. The van der Waals surface area contributed by atoms with Crippen molar-refractivity contribution in [2.75, 3.05) is 7.05 Å². The fourth-order valence-corrected chi connectivity index (χ4v) is 1.96. The summed E-state index contributed by atoms with van der Waals surface area (Å²) in [6.07, 6.45) is 1.48. The third-order valence-corrected chi connectivity index (χ3v) is 2.91. The van der Waals surface area contributed by atoms with Gasteiger partial charge in [-0.1, -0.05) is 43.2 Å². The molecule has 0 saturated heterocycles. The van der Waals surface area contributed by atoms with Crippen LogP contribution in [0.5, 0.6) is 0 Å². The third kappa shape index (κ3) is 3.89. The monoisotopic (exact) mass is 244 g/mol. The van der Waals surface area contributed by atoms with Crippen molar-refractivity contribution < 1.29 is 4.79 Å². The van der Waals surface area contributed by atoms with E-state index in [0.717, 1.165) is 12.0 Å². The highest BCUT2D eigenvalue weighted by Crippen LogP contribution is 2.12. The van der Waals surface area contributed by atoms with Crippen LogP contribution in [-0.4, -0.2) is 17.9 Å². The van der Waals surface area contributed by atoms with Crippen LogP contribution in [0.3, 0.4) is 0 Å². The fourth-order valence-electron chi connectivity index (χ4n) is 1.96. The first-order valence-corrected chi connectivity index (χ1v) is 6.28. The number of amides is 1. The number of hydrogen-bond acceptors (Lipinski definition) is 2. The molecule has 96 valence electrons. The molecule has 3 nitrogen and oxygen atoms in total. The van der Waals surface area contributed by atoms with E-state index in [1.165, 1.54) is 5.56 Å². The molecular formula is C15H20N2O. The summed E-state index contributed by atoms with van der Waals surface area (Å²) in [5, 5.41) is 8.99. The number of hydrogen-bond donors (Lipinski definition) is 0. The lowest BCUT2D eigenvalue weighted by molar-refractivity contribution is -0.133. The summed E-state index contributed by atoms with van der Waals surface area (Å²) in [6, 6.07) is 10.2. The van der Waals surface area contributed by atoms with Crippen LogP contribution in [0.1, 0.15) is 30.9 Å². The van der Waals surface area contributed by atoms with Crippen LogP contribution in [0.2, 0.25) is 0 Å². The molecule has 1 atom stereocenters. The van der Waals surface area contributed by atoms with E-state index in [-0.39, 0.29) is 5.91 Å². The zero-order valence-electron chi connectivity index (χ0n) is 11.3. The Balaban J connectivity index is 2.68. The maximum absolute atomic E-state index is 12.1. The van der Waals surface area contributed by atoms with Crippen molar-refractivity contribution in [3.63, 3.8) is 0 Å². The minimum atomic E-state index is -0.509. The molecule has 0 aromatic heterocycles. The van der Waals surface area contributed by atoms with Crippen molar-refractivity contribution in [2.24, 2.45) is 5.92 Å². The van der Waals surface area contributed by atoms with E-state index in [4.69, 9.17) is 5.26 Å². The lowest BCUT2D eigenvalue weighted by atomic mass is 10.0. The molecule has 3 heteroatoms. The second-order valence-corrected chi connectivity index (χ2v) is 4.65. The van der Waals surface area contributed by atoms with Gasteiger partial charge in [-0.3, -0.25) is 4.79 Å². The second kappa shape index (κ2) is 6.80. The molecule has 0 N–H and O–H groups in total. The molecule has 1 unspecified atom stereocenters. The van der Waals surface area contributed by atoms with Gasteiger partial charge in [0, 0.05) is 13.6 Å². The Bertz CT molecular complexity index is 448. The standard InChI is InChI=1S/C15H20N2O/c1-4-6-14(10-16)15(18)17(3)11-13-8-5-7-12(2)9-13/h5,7-9,14H,4,6,11H2,1-3H3. The molecule has 0 bridgehead atoms. The van der Waals surface area contributed by atoms with Gasteiger partial charge in [-0.25, -0.2) is 0 Å². The Morgan fingerprint density at radius 1 is 1.50 bits per heavy atom. The first-order chi connectivity index (χ1) is 8.58. The molecule has 0 aliphatic rings. The largest absolute Gasteiger partial charge is 0.340 e. The molecule has 1 rings (SSSR count). The van der Waals surface area contributed by atoms with Crippen LogP contribution >= 0.6 is 0 Å². The van der Waals surface area contributed by atoms with Gasteiger partial charge < -0.3 is 4.90 Å². The van der Waals surface area contributed by atoms with Crippen LogP contribution < -0.4 is 0 Å². The van der Waals surface area contributed by atoms with Gasteiger partial charge in [0.05, 0.1) is 6.07 Å². The molecule has 0 spiro atoms. The quantitative estimate of drug-likeness (QED) is 0.799. The van der Waals surface area contributed by atoms with Crippen molar-refractivity contribution >= 4 is 5.91 Å². The topological polar surface area (TPSA) is 44.1 Å². The van der Waals surface area contributed by atoms with Crippen molar-refractivity contribution in [3.8, 4) is 6.07 Å². The minimum absolute atomic E-state index is 0.0825.